The van der Waals surface area contributed by atoms with Gasteiger partial charge in [0.2, 0.25) is 0 Å². The van der Waals surface area contributed by atoms with Crippen LogP contribution in [-0.2, 0) is 23.7 Å². The summed E-state index contributed by atoms with van der Waals surface area (Å²) in [4.78, 5) is 12.6. The van der Waals surface area contributed by atoms with E-state index in [9.17, 15) is 25.2 Å². The number of ether oxygens (including phenoxy) is 4. The molecule has 288 valence electrons. The van der Waals surface area contributed by atoms with Crippen molar-refractivity contribution >= 4 is 5.97 Å². The second kappa shape index (κ2) is 32.6. The lowest BCUT2D eigenvalue weighted by Gasteiger charge is -2.39. The Bertz CT molecular complexity index is 803. The molecule has 0 aromatic carbocycles. The highest BCUT2D eigenvalue weighted by molar-refractivity contribution is 5.69. The van der Waals surface area contributed by atoms with Crippen LogP contribution in [0.25, 0.3) is 0 Å². The van der Waals surface area contributed by atoms with Crippen LogP contribution in [0.1, 0.15) is 162 Å². The average molecular weight is 699 g/mol. The number of hydrogen-bond donors (Lipinski definition) is 4. The molecule has 1 aliphatic rings. The van der Waals surface area contributed by atoms with Crippen LogP contribution in [0.4, 0.5) is 0 Å². The van der Waals surface area contributed by atoms with Gasteiger partial charge in [-0.2, -0.15) is 0 Å². The van der Waals surface area contributed by atoms with Crippen molar-refractivity contribution in [2.75, 3.05) is 26.4 Å². The fourth-order valence-electron chi connectivity index (χ4n) is 5.93. The smallest absolute Gasteiger partial charge is 0.306 e. The number of carbonyl (C=O) groups excluding carboxylic acids is 1. The molecule has 0 aromatic heterocycles. The molecule has 1 aliphatic heterocycles. The molecule has 0 spiro atoms. The molecule has 0 amide bonds. The van der Waals surface area contributed by atoms with Gasteiger partial charge in [-0.1, -0.05) is 134 Å². The fourth-order valence-corrected chi connectivity index (χ4v) is 5.93. The van der Waals surface area contributed by atoms with Gasteiger partial charge in [-0.25, -0.2) is 0 Å². The highest BCUT2D eigenvalue weighted by Crippen LogP contribution is 2.22. The van der Waals surface area contributed by atoms with Crippen molar-refractivity contribution < 1.29 is 44.2 Å². The first kappa shape index (κ1) is 45.7. The summed E-state index contributed by atoms with van der Waals surface area (Å²) in [5, 5.41) is 39.9. The average Bonchev–Trinajstić information content (AvgIpc) is 3.10. The van der Waals surface area contributed by atoms with Crippen LogP contribution >= 0.6 is 0 Å². The minimum atomic E-state index is -1.53. The van der Waals surface area contributed by atoms with Gasteiger partial charge in [-0.05, 0) is 44.9 Å². The van der Waals surface area contributed by atoms with Crippen molar-refractivity contribution in [1.29, 1.82) is 0 Å². The number of rotatable bonds is 33. The standard InChI is InChI=1S/C40H74O9/c1-3-5-7-9-11-13-14-15-16-17-18-19-20-21-22-24-26-28-30-46-32-34(48-36(42)29-27-25-23-12-10-8-6-4-2)33-47-40-39(45)38(44)37(43)35(31-41)49-40/h11,13,15-16,34-35,37-41,43-45H,3-10,12,14,17-33H2,1-2H3/b13-11-,16-15-. The molecule has 0 radical (unpaired) electrons. The summed E-state index contributed by atoms with van der Waals surface area (Å²) < 4.78 is 22.7. The normalized spacial score (nSPS) is 22.0. The summed E-state index contributed by atoms with van der Waals surface area (Å²) in [6, 6.07) is 0. The predicted octanol–water partition coefficient (Wildman–Crippen LogP) is 7.86. The van der Waals surface area contributed by atoms with Crippen LogP contribution in [0.15, 0.2) is 24.3 Å². The molecule has 49 heavy (non-hydrogen) atoms. The van der Waals surface area contributed by atoms with Crippen molar-refractivity contribution in [3.05, 3.63) is 24.3 Å². The zero-order valence-electron chi connectivity index (χ0n) is 31.2. The highest BCUT2D eigenvalue weighted by atomic mass is 16.7. The summed E-state index contributed by atoms with van der Waals surface area (Å²) in [7, 11) is 0. The third-order valence-corrected chi connectivity index (χ3v) is 9.12. The zero-order valence-corrected chi connectivity index (χ0v) is 31.2. The molecule has 4 N–H and O–H groups in total. The SMILES string of the molecule is CCCCC/C=C\C/C=C\CCCCCCCCCCOCC(COC1OC(CO)C(O)C(O)C1O)OC(=O)CCCCCCCCCC. The Kier molecular flexibility index (Phi) is 30.4. The second-order valence-corrected chi connectivity index (χ2v) is 13.7. The molecule has 1 saturated heterocycles. The van der Waals surface area contributed by atoms with Crippen molar-refractivity contribution in [3.8, 4) is 0 Å². The zero-order chi connectivity index (χ0) is 35.8. The molecule has 1 fully saturated rings. The Labute approximate surface area is 298 Å². The van der Waals surface area contributed by atoms with Crippen LogP contribution in [0.2, 0.25) is 0 Å². The van der Waals surface area contributed by atoms with Gasteiger partial charge < -0.3 is 39.4 Å². The third-order valence-electron chi connectivity index (χ3n) is 9.12. The largest absolute Gasteiger partial charge is 0.457 e. The first-order chi connectivity index (χ1) is 23.9. The number of hydrogen-bond acceptors (Lipinski definition) is 9. The van der Waals surface area contributed by atoms with Crippen molar-refractivity contribution in [1.82, 2.24) is 0 Å². The molecule has 0 aromatic rings. The molecule has 0 bridgehead atoms. The van der Waals surface area contributed by atoms with Gasteiger partial charge in [0.05, 0.1) is 19.8 Å². The number of esters is 1. The van der Waals surface area contributed by atoms with Gasteiger partial charge in [0.1, 0.15) is 30.5 Å². The molecular weight excluding hydrogens is 624 g/mol. The van der Waals surface area contributed by atoms with E-state index < -0.39 is 43.4 Å². The highest BCUT2D eigenvalue weighted by Gasteiger charge is 2.44. The monoisotopic (exact) mass is 699 g/mol. The predicted molar refractivity (Wildman–Crippen MR) is 196 cm³/mol. The Morgan fingerprint density at radius 3 is 1.80 bits per heavy atom. The third kappa shape index (κ3) is 24.5. The van der Waals surface area contributed by atoms with Crippen LogP contribution in [-0.4, -0.2) is 89.6 Å². The quantitative estimate of drug-likeness (QED) is 0.0307. The molecule has 0 saturated carbocycles. The van der Waals surface area contributed by atoms with Gasteiger partial charge in [0.15, 0.2) is 6.29 Å². The van der Waals surface area contributed by atoms with E-state index >= 15 is 0 Å². The number of aliphatic hydroxyl groups is 4. The number of aliphatic hydroxyl groups excluding tert-OH is 4. The summed E-state index contributed by atoms with van der Waals surface area (Å²) in [6.45, 7) is 4.48. The van der Waals surface area contributed by atoms with Crippen molar-refractivity contribution in [3.63, 3.8) is 0 Å². The summed E-state index contributed by atoms with van der Waals surface area (Å²) in [5.74, 6) is -0.321. The lowest BCUT2D eigenvalue weighted by atomic mass is 9.99. The van der Waals surface area contributed by atoms with Crippen molar-refractivity contribution in [2.45, 2.75) is 198 Å². The van der Waals surface area contributed by atoms with E-state index in [1.807, 2.05) is 0 Å². The first-order valence-corrected chi connectivity index (χ1v) is 19.9. The maximum absolute atomic E-state index is 12.6. The molecule has 9 heteroatoms. The van der Waals surface area contributed by atoms with E-state index in [2.05, 4.69) is 38.2 Å². The Balaban J connectivity index is 2.26. The minimum Gasteiger partial charge on any atom is -0.457 e. The minimum absolute atomic E-state index is 0.113. The Morgan fingerprint density at radius 2 is 1.18 bits per heavy atom. The summed E-state index contributed by atoms with van der Waals surface area (Å²) in [6.07, 6.45) is 27.8. The lowest BCUT2D eigenvalue weighted by molar-refractivity contribution is -0.305. The van der Waals surface area contributed by atoms with Gasteiger partial charge in [0, 0.05) is 13.0 Å². The molecule has 6 atom stereocenters. The van der Waals surface area contributed by atoms with E-state index in [1.165, 1.54) is 103 Å². The number of allylic oxidation sites excluding steroid dienone is 4. The second-order valence-electron chi connectivity index (χ2n) is 13.7. The van der Waals surface area contributed by atoms with Crippen LogP contribution in [0.3, 0.4) is 0 Å². The van der Waals surface area contributed by atoms with Crippen LogP contribution in [0.5, 0.6) is 0 Å². The van der Waals surface area contributed by atoms with Crippen LogP contribution in [0, 0.1) is 0 Å². The van der Waals surface area contributed by atoms with Gasteiger partial charge in [-0.15, -0.1) is 0 Å². The van der Waals surface area contributed by atoms with Gasteiger partial charge >= 0.3 is 5.97 Å². The van der Waals surface area contributed by atoms with Crippen molar-refractivity contribution in [2.24, 2.45) is 0 Å². The topological polar surface area (TPSA) is 135 Å². The number of unbranched alkanes of at least 4 members (excludes halogenated alkanes) is 18. The Hall–Kier alpha value is -1.33. The van der Waals surface area contributed by atoms with E-state index in [-0.39, 0.29) is 19.2 Å². The van der Waals surface area contributed by atoms with E-state index in [1.54, 1.807) is 0 Å². The van der Waals surface area contributed by atoms with E-state index in [4.69, 9.17) is 18.9 Å². The molecular formula is C40H74O9. The molecule has 9 nitrogen and oxygen atoms in total. The Morgan fingerprint density at radius 1 is 0.653 bits per heavy atom. The maximum Gasteiger partial charge on any atom is 0.306 e. The fraction of sp³-hybridized carbons (Fsp3) is 0.875. The maximum atomic E-state index is 12.6. The molecule has 0 aliphatic carbocycles. The molecule has 1 rings (SSSR count). The van der Waals surface area contributed by atoms with Gasteiger partial charge in [0.25, 0.3) is 0 Å². The van der Waals surface area contributed by atoms with E-state index in [0.29, 0.717) is 13.0 Å². The molecule has 1 heterocycles. The van der Waals surface area contributed by atoms with Gasteiger partial charge in [-0.3, -0.25) is 4.79 Å². The lowest BCUT2D eigenvalue weighted by Crippen LogP contribution is -2.59. The first-order valence-electron chi connectivity index (χ1n) is 19.9. The summed E-state index contributed by atoms with van der Waals surface area (Å²) in [5.41, 5.74) is 0. The summed E-state index contributed by atoms with van der Waals surface area (Å²) >= 11 is 0. The number of carbonyl (C=O) groups is 1. The van der Waals surface area contributed by atoms with Crippen LogP contribution < -0.4 is 0 Å². The molecule has 6 unspecified atom stereocenters. The van der Waals surface area contributed by atoms with E-state index in [0.717, 1.165) is 38.5 Å².